The van der Waals surface area contributed by atoms with Gasteiger partial charge in [0.1, 0.15) is 11.6 Å². The number of hydrogen-bond acceptors (Lipinski definition) is 3. The highest BCUT2D eigenvalue weighted by Gasteiger charge is 2.10. The monoisotopic (exact) mass is 407 g/mol. The van der Waals surface area contributed by atoms with E-state index in [9.17, 15) is 0 Å². The Labute approximate surface area is 167 Å². The van der Waals surface area contributed by atoms with Gasteiger partial charge in [0.2, 0.25) is 0 Å². The Bertz CT molecular complexity index is 981. The van der Waals surface area contributed by atoms with Crippen molar-refractivity contribution in [3.63, 3.8) is 0 Å². The molecule has 0 bridgehead atoms. The van der Waals surface area contributed by atoms with Crippen LogP contribution in [0.1, 0.15) is 23.4 Å². The van der Waals surface area contributed by atoms with E-state index in [1.54, 1.807) is 0 Å². The molecule has 136 valence electrons. The lowest BCUT2D eigenvalue weighted by Gasteiger charge is -2.10. The number of ether oxygens (including phenoxy) is 1. The van der Waals surface area contributed by atoms with Gasteiger partial charge in [-0.05, 0) is 73.9 Å². The Balaban J connectivity index is 1.67. The maximum Gasteiger partial charge on any atom is 0.199 e. The van der Waals surface area contributed by atoms with Gasteiger partial charge in [-0.15, -0.1) is 0 Å². The van der Waals surface area contributed by atoms with E-state index in [-0.39, 0.29) is 0 Å². The maximum atomic E-state index is 6.25. The van der Waals surface area contributed by atoms with Crippen LogP contribution in [0.4, 0.5) is 0 Å². The van der Waals surface area contributed by atoms with Crippen LogP contribution in [-0.4, -0.2) is 21.4 Å². The average Bonchev–Trinajstić information content (AvgIpc) is 2.96. The molecule has 0 saturated heterocycles. The lowest BCUT2D eigenvalue weighted by Crippen LogP contribution is -2.06. The van der Waals surface area contributed by atoms with Crippen molar-refractivity contribution in [2.75, 3.05) is 6.61 Å². The highest BCUT2D eigenvalue weighted by molar-refractivity contribution is 7.71. The normalized spacial score (nSPS) is 10.9. The molecule has 0 aliphatic heterocycles. The standard InChI is InChI=1S/C19H19Cl2N3OS/c1-12-5-7-15(11-16(12)21)24-18(22-23-19(24)26)4-3-9-25-17-8-6-14(20)10-13(17)2/h5-8,10-11H,3-4,9H2,1-2H3,(H,23,26). The van der Waals surface area contributed by atoms with Crippen molar-refractivity contribution in [1.29, 1.82) is 0 Å². The molecule has 0 amide bonds. The third-order valence-corrected chi connectivity index (χ3v) is 5.01. The SMILES string of the molecule is Cc1ccc(-n2c(CCCOc3ccc(Cl)cc3C)n[nH]c2=S)cc1Cl. The minimum Gasteiger partial charge on any atom is -0.493 e. The van der Waals surface area contributed by atoms with E-state index in [4.69, 9.17) is 40.2 Å². The second kappa shape index (κ2) is 8.25. The van der Waals surface area contributed by atoms with E-state index in [0.29, 0.717) is 21.4 Å². The molecule has 4 nitrogen and oxygen atoms in total. The topological polar surface area (TPSA) is 42.8 Å². The average molecular weight is 408 g/mol. The van der Waals surface area contributed by atoms with Gasteiger partial charge in [-0.25, -0.2) is 0 Å². The molecule has 3 rings (SSSR count). The van der Waals surface area contributed by atoms with Gasteiger partial charge in [0.25, 0.3) is 0 Å². The number of halogens is 2. The Morgan fingerprint density at radius 1 is 1.12 bits per heavy atom. The van der Waals surface area contributed by atoms with Crippen molar-refractivity contribution in [2.45, 2.75) is 26.7 Å². The van der Waals surface area contributed by atoms with Crippen molar-refractivity contribution in [3.8, 4) is 11.4 Å². The molecule has 0 aliphatic carbocycles. The maximum absolute atomic E-state index is 6.25. The van der Waals surface area contributed by atoms with Crippen LogP contribution in [0.15, 0.2) is 36.4 Å². The molecule has 0 fully saturated rings. The molecule has 0 spiro atoms. The number of hydrogen-bond donors (Lipinski definition) is 1. The predicted molar refractivity (Wildman–Crippen MR) is 109 cm³/mol. The van der Waals surface area contributed by atoms with Crippen molar-refractivity contribution in [2.24, 2.45) is 0 Å². The van der Waals surface area contributed by atoms with Gasteiger partial charge in [0.15, 0.2) is 4.77 Å². The lowest BCUT2D eigenvalue weighted by atomic mass is 10.2. The Hall–Kier alpha value is -1.82. The highest BCUT2D eigenvalue weighted by Crippen LogP contribution is 2.23. The van der Waals surface area contributed by atoms with Gasteiger partial charge in [0, 0.05) is 16.5 Å². The number of nitrogens with one attached hydrogen (secondary N) is 1. The summed E-state index contributed by atoms with van der Waals surface area (Å²) in [6, 6.07) is 11.5. The first kappa shape index (κ1) is 19.0. The van der Waals surface area contributed by atoms with E-state index in [1.807, 2.05) is 54.8 Å². The van der Waals surface area contributed by atoms with E-state index in [1.165, 1.54) is 0 Å². The summed E-state index contributed by atoms with van der Waals surface area (Å²) in [6.07, 6.45) is 1.53. The largest absolute Gasteiger partial charge is 0.493 e. The Morgan fingerprint density at radius 2 is 1.92 bits per heavy atom. The van der Waals surface area contributed by atoms with Crippen molar-refractivity contribution in [1.82, 2.24) is 14.8 Å². The van der Waals surface area contributed by atoms with Gasteiger partial charge in [-0.1, -0.05) is 29.3 Å². The van der Waals surface area contributed by atoms with Gasteiger partial charge < -0.3 is 4.74 Å². The summed E-state index contributed by atoms with van der Waals surface area (Å²) in [5.74, 6) is 1.70. The van der Waals surface area contributed by atoms with Gasteiger partial charge in [-0.3, -0.25) is 9.67 Å². The molecule has 1 N–H and O–H groups in total. The van der Waals surface area contributed by atoms with Crippen LogP contribution in [0.5, 0.6) is 5.75 Å². The van der Waals surface area contributed by atoms with Crippen LogP contribution in [0.2, 0.25) is 10.0 Å². The smallest absolute Gasteiger partial charge is 0.199 e. The van der Waals surface area contributed by atoms with Crippen molar-refractivity contribution >= 4 is 35.4 Å². The zero-order valence-electron chi connectivity index (χ0n) is 14.6. The molecule has 0 radical (unpaired) electrons. The summed E-state index contributed by atoms with van der Waals surface area (Å²) in [4.78, 5) is 0. The summed E-state index contributed by atoms with van der Waals surface area (Å²) in [5.41, 5.74) is 2.96. The van der Waals surface area contributed by atoms with Gasteiger partial charge in [-0.2, -0.15) is 5.10 Å². The van der Waals surface area contributed by atoms with E-state index in [2.05, 4.69) is 10.2 Å². The number of H-pyrrole nitrogens is 1. The quantitative estimate of drug-likeness (QED) is 0.410. The van der Waals surface area contributed by atoms with Crippen LogP contribution >= 0.6 is 35.4 Å². The van der Waals surface area contributed by atoms with Crippen LogP contribution < -0.4 is 4.74 Å². The third kappa shape index (κ3) is 4.29. The van der Waals surface area contributed by atoms with Crippen LogP contribution in [0.3, 0.4) is 0 Å². The molecular formula is C19H19Cl2N3OS. The van der Waals surface area contributed by atoms with Gasteiger partial charge in [0.05, 0.1) is 12.3 Å². The van der Waals surface area contributed by atoms with Crippen molar-refractivity contribution < 1.29 is 4.74 Å². The minimum absolute atomic E-state index is 0.550. The van der Waals surface area contributed by atoms with Gasteiger partial charge >= 0.3 is 0 Å². The summed E-state index contributed by atoms with van der Waals surface area (Å²) in [7, 11) is 0. The molecule has 0 atom stereocenters. The fraction of sp³-hybridized carbons (Fsp3) is 0.263. The number of rotatable bonds is 6. The third-order valence-electron chi connectivity index (χ3n) is 4.09. The molecule has 0 saturated carbocycles. The first-order valence-corrected chi connectivity index (χ1v) is 9.44. The zero-order chi connectivity index (χ0) is 18.7. The van der Waals surface area contributed by atoms with Crippen LogP contribution in [-0.2, 0) is 6.42 Å². The molecule has 1 heterocycles. The second-order valence-electron chi connectivity index (χ2n) is 6.08. The minimum atomic E-state index is 0.550. The summed E-state index contributed by atoms with van der Waals surface area (Å²) in [5, 5.41) is 8.63. The fourth-order valence-electron chi connectivity index (χ4n) is 2.67. The predicted octanol–water partition coefficient (Wildman–Crippen LogP) is 5.87. The number of aryl methyl sites for hydroxylation is 3. The molecular weight excluding hydrogens is 389 g/mol. The molecule has 3 aromatic rings. The van der Waals surface area contributed by atoms with E-state index in [0.717, 1.165) is 41.2 Å². The molecule has 1 aromatic heterocycles. The zero-order valence-corrected chi connectivity index (χ0v) is 16.9. The lowest BCUT2D eigenvalue weighted by molar-refractivity contribution is 0.307. The first-order chi connectivity index (χ1) is 12.5. The number of aromatic amines is 1. The Kier molecular flexibility index (Phi) is 6.01. The molecule has 0 unspecified atom stereocenters. The van der Waals surface area contributed by atoms with E-state index >= 15 is 0 Å². The molecule has 0 aliphatic rings. The summed E-state index contributed by atoms with van der Waals surface area (Å²) >= 11 is 17.6. The van der Waals surface area contributed by atoms with Crippen molar-refractivity contribution in [3.05, 3.63) is 68.2 Å². The highest BCUT2D eigenvalue weighted by atomic mass is 35.5. The molecule has 7 heteroatoms. The Morgan fingerprint density at radius 3 is 2.65 bits per heavy atom. The fourth-order valence-corrected chi connectivity index (χ4v) is 3.33. The second-order valence-corrected chi connectivity index (χ2v) is 7.31. The first-order valence-electron chi connectivity index (χ1n) is 8.27. The van der Waals surface area contributed by atoms with E-state index < -0.39 is 0 Å². The molecule has 26 heavy (non-hydrogen) atoms. The molecule has 2 aromatic carbocycles. The summed E-state index contributed by atoms with van der Waals surface area (Å²) in [6.45, 7) is 4.53. The number of nitrogens with zero attached hydrogens (tertiary/aromatic N) is 2. The summed E-state index contributed by atoms with van der Waals surface area (Å²) < 4.78 is 8.31. The van der Waals surface area contributed by atoms with Crippen LogP contribution in [0.25, 0.3) is 5.69 Å². The number of benzene rings is 2. The van der Waals surface area contributed by atoms with Crippen LogP contribution in [0, 0.1) is 18.6 Å². The number of aromatic nitrogens is 3.